The molecule has 28 heavy (non-hydrogen) atoms. The first-order valence-corrected chi connectivity index (χ1v) is 11.0. The maximum atomic E-state index is 12.7. The van der Waals surface area contributed by atoms with Gasteiger partial charge in [-0.1, -0.05) is 43.9 Å². The van der Waals surface area contributed by atoms with Crippen LogP contribution in [0.25, 0.3) is 0 Å². The summed E-state index contributed by atoms with van der Waals surface area (Å²) in [4.78, 5) is 14.8. The van der Waals surface area contributed by atoms with E-state index in [2.05, 4.69) is 32.6 Å². The van der Waals surface area contributed by atoms with E-state index >= 15 is 0 Å². The smallest absolute Gasteiger partial charge is 0.403 e. The highest BCUT2D eigenvalue weighted by Gasteiger charge is 2.50. The number of hydrogen-bond acceptors (Lipinski definition) is 3. The standard InChI is InChI=1S/C23H36BNO3/c1-22(2)23(3,4)28-24(27-22)17-11-6-5-10-15-20-16-12-18-25(20)21(26)19-13-8-7-9-14-19/h7-9,13-14,20H,5-6,10-12,15-18H2,1-4H3/t20-/m1/s1. The Hall–Kier alpha value is -1.33. The number of benzene rings is 1. The van der Waals surface area contributed by atoms with E-state index in [0.29, 0.717) is 6.04 Å². The molecule has 1 aromatic carbocycles. The number of nitrogens with zero attached hydrogens (tertiary/aromatic N) is 1. The van der Waals surface area contributed by atoms with Crippen molar-refractivity contribution < 1.29 is 14.1 Å². The second kappa shape index (κ2) is 9.00. The lowest BCUT2D eigenvalue weighted by Crippen LogP contribution is -2.41. The maximum Gasteiger partial charge on any atom is 0.457 e. The predicted molar refractivity (Wildman–Crippen MR) is 114 cm³/mol. The molecular formula is C23H36BNO3. The molecule has 0 aliphatic carbocycles. The minimum Gasteiger partial charge on any atom is -0.403 e. The first-order valence-electron chi connectivity index (χ1n) is 11.0. The fourth-order valence-electron chi connectivity index (χ4n) is 4.28. The van der Waals surface area contributed by atoms with Crippen molar-refractivity contribution in [2.24, 2.45) is 0 Å². The van der Waals surface area contributed by atoms with Gasteiger partial charge in [0, 0.05) is 18.2 Å². The van der Waals surface area contributed by atoms with Gasteiger partial charge in [-0.25, -0.2) is 0 Å². The van der Waals surface area contributed by atoms with Crippen molar-refractivity contribution >= 4 is 13.0 Å². The van der Waals surface area contributed by atoms with Crippen LogP contribution in [0.2, 0.25) is 6.32 Å². The Bertz CT molecular complexity index is 631. The number of amides is 1. The quantitative estimate of drug-likeness (QED) is 0.448. The maximum absolute atomic E-state index is 12.7. The molecule has 3 rings (SSSR count). The summed E-state index contributed by atoms with van der Waals surface area (Å²) < 4.78 is 12.1. The van der Waals surface area contributed by atoms with E-state index in [0.717, 1.165) is 44.1 Å². The summed E-state index contributed by atoms with van der Waals surface area (Å²) in [5.74, 6) is 0.198. The van der Waals surface area contributed by atoms with Gasteiger partial charge >= 0.3 is 7.12 Å². The van der Waals surface area contributed by atoms with E-state index in [1.807, 2.05) is 30.3 Å². The second-order valence-corrected chi connectivity index (χ2v) is 9.34. The molecule has 2 saturated heterocycles. The van der Waals surface area contributed by atoms with E-state index < -0.39 is 0 Å². The highest BCUT2D eigenvalue weighted by molar-refractivity contribution is 6.45. The predicted octanol–water partition coefficient (Wildman–Crippen LogP) is 5.33. The molecule has 4 nitrogen and oxygen atoms in total. The first-order chi connectivity index (χ1) is 13.3. The van der Waals surface area contributed by atoms with Gasteiger partial charge in [-0.05, 0) is 65.4 Å². The Kier molecular flexibility index (Phi) is 6.87. The summed E-state index contributed by atoms with van der Waals surface area (Å²) in [6.07, 6.45) is 9.09. The van der Waals surface area contributed by atoms with Crippen molar-refractivity contribution in [3.63, 3.8) is 0 Å². The molecule has 0 bridgehead atoms. The Morgan fingerprint density at radius 3 is 2.36 bits per heavy atom. The molecule has 0 saturated carbocycles. The second-order valence-electron chi connectivity index (χ2n) is 9.34. The number of likely N-dealkylation sites (tertiary alicyclic amines) is 1. The van der Waals surface area contributed by atoms with Crippen LogP contribution < -0.4 is 0 Å². The lowest BCUT2D eigenvalue weighted by atomic mass is 9.82. The normalized spacial score (nSPS) is 23.4. The molecule has 0 spiro atoms. The molecule has 2 aliphatic rings. The fourth-order valence-corrected chi connectivity index (χ4v) is 4.28. The van der Waals surface area contributed by atoms with Gasteiger partial charge in [0.05, 0.1) is 11.2 Å². The zero-order chi connectivity index (χ0) is 20.2. The summed E-state index contributed by atoms with van der Waals surface area (Å²) in [5, 5.41) is 0. The Morgan fingerprint density at radius 1 is 1.04 bits per heavy atom. The first kappa shape index (κ1) is 21.4. The Labute approximate surface area is 171 Å². The van der Waals surface area contributed by atoms with Crippen LogP contribution in [0.4, 0.5) is 0 Å². The number of hydrogen-bond donors (Lipinski definition) is 0. The van der Waals surface area contributed by atoms with Crippen LogP contribution >= 0.6 is 0 Å². The number of carbonyl (C=O) groups is 1. The zero-order valence-corrected chi connectivity index (χ0v) is 18.1. The molecule has 1 aromatic rings. The van der Waals surface area contributed by atoms with Crippen LogP contribution in [0, 0.1) is 0 Å². The van der Waals surface area contributed by atoms with Gasteiger partial charge in [0.2, 0.25) is 0 Å². The molecule has 2 fully saturated rings. The van der Waals surface area contributed by atoms with Crippen molar-refractivity contribution in [3.05, 3.63) is 35.9 Å². The van der Waals surface area contributed by atoms with Gasteiger partial charge in [-0.15, -0.1) is 0 Å². The SMILES string of the molecule is CC1(C)OB(CCCCCC[C@@H]2CCCN2C(=O)c2ccccc2)OC1(C)C. The molecular weight excluding hydrogens is 349 g/mol. The topological polar surface area (TPSA) is 38.8 Å². The molecule has 0 N–H and O–H groups in total. The van der Waals surface area contributed by atoms with Crippen molar-refractivity contribution in [1.29, 1.82) is 0 Å². The van der Waals surface area contributed by atoms with Crippen LogP contribution in [0.3, 0.4) is 0 Å². The summed E-state index contributed by atoms with van der Waals surface area (Å²) in [6.45, 7) is 9.34. The van der Waals surface area contributed by atoms with Gasteiger partial charge in [-0.3, -0.25) is 4.79 Å². The van der Waals surface area contributed by atoms with E-state index in [1.54, 1.807) is 0 Å². The molecule has 1 amide bonds. The summed E-state index contributed by atoms with van der Waals surface area (Å²) in [6, 6.07) is 10.1. The number of rotatable bonds is 8. The molecule has 2 heterocycles. The largest absolute Gasteiger partial charge is 0.457 e. The van der Waals surface area contributed by atoms with E-state index in [9.17, 15) is 4.79 Å². The molecule has 1 atom stereocenters. The third-order valence-corrected chi connectivity index (χ3v) is 6.69. The minimum absolute atomic E-state index is 0.0705. The Balaban J connectivity index is 1.34. The highest BCUT2D eigenvalue weighted by Crippen LogP contribution is 2.38. The summed E-state index contributed by atoms with van der Waals surface area (Å²) in [5.41, 5.74) is 0.362. The van der Waals surface area contributed by atoms with Crippen LogP contribution in [0.15, 0.2) is 30.3 Å². The highest BCUT2D eigenvalue weighted by atomic mass is 16.7. The molecule has 0 radical (unpaired) electrons. The third kappa shape index (κ3) is 4.98. The molecule has 154 valence electrons. The minimum atomic E-state index is -0.227. The van der Waals surface area contributed by atoms with E-state index in [4.69, 9.17) is 9.31 Å². The van der Waals surface area contributed by atoms with Crippen LogP contribution in [0.5, 0.6) is 0 Å². The lowest BCUT2D eigenvalue weighted by Gasteiger charge is -2.32. The van der Waals surface area contributed by atoms with Gasteiger partial charge in [-0.2, -0.15) is 0 Å². The molecule has 0 unspecified atom stereocenters. The lowest BCUT2D eigenvalue weighted by molar-refractivity contribution is 0.00578. The van der Waals surface area contributed by atoms with E-state index in [1.165, 1.54) is 19.3 Å². The van der Waals surface area contributed by atoms with Gasteiger partial charge in [0.1, 0.15) is 0 Å². The number of unbranched alkanes of at least 4 members (excludes halogenated alkanes) is 3. The van der Waals surface area contributed by atoms with Crippen molar-refractivity contribution in [3.8, 4) is 0 Å². The van der Waals surface area contributed by atoms with Crippen LogP contribution in [-0.2, 0) is 9.31 Å². The molecule has 2 aliphatic heterocycles. The van der Waals surface area contributed by atoms with Crippen molar-refractivity contribution in [2.75, 3.05) is 6.54 Å². The monoisotopic (exact) mass is 385 g/mol. The summed E-state index contributed by atoms with van der Waals surface area (Å²) >= 11 is 0. The van der Waals surface area contributed by atoms with Crippen LogP contribution in [0.1, 0.15) is 83.0 Å². The molecule has 5 heteroatoms. The van der Waals surface area contributed by atoms with Gasteiger partial charge in [0.15, 0.2) is 0 Å². The average Bonchev–Trinajstić information content (AvgIpc) is 3.19. The third-order valence-electron chi connectivity index (χ3n) is 6.69. The van der Waals surface area contributed by atoms with E-state index in [-0.39, 0.29) is 24.2 Å². The van der Waals surface area contributed by atoms with Gasteiger partial charge < -0.3 is 14.2 Å². The zero-order valence-electron chi connectivity index (χ0n) is 18.1. The van der Waals surface area contributed by atoms with Crippen molar-refractivity contribution in [2.45, 2.75) is 96.2 Å². The average molecular weight is 385 g/mol. The van der Waals surface area contributed by atoms with Gasteiger partial charge in [0.25, 0.3) is 5.91 Å². The van der Waals surface area contributed by atoms with Crippen molar-refractivity contribution in [1.82, 2.24) is 4.90 Å². The fraction of sp³-hybridized carbons (Fsp3) is 0.696. The number of carbonyl (C=O) groups excluding carboxylic acids is 1. The Morgan fingerprint density at radius 2 is 1.68 bits per heavy atom. The van der Waals surface area contributed by atoms with Crippen LogP contribution in [-0.4, -0.2) is 41.7 Å². The molecule has 0 aromatic heterocycles. The summed E-state index contributed by atoms with van der Waals surface area (Å²) in [7, 11) is -0.0705.